The lowest BCUT2D eigenvalue weighted by Crippen LogP contribution is -2.42. The molecule has 0 fully saturated rings. The zero-order valence-corrected chi connectivity index (χ0v) is 12.5. The molecule has 0 bridgehead atoms. The Kier molecular flexibility index (Phi) is 6.75. The van der Waals surface area contributed by atoms with Gasteiger partial charge in [0.2, 0.25) is 0 Å². The SMILES string of the molecule is CCCN(CCO)C(=O)NC(C)c1ccc(F)c(Cl)c1. The minimum absolute atomic E-state index is 0.0318. The van der Waals surface area contributed by atoms with Crippen molar-refractivity contribution in [2.24, 2.45) is 0 Å². The van der Waals surface area contributed by atoms with Gasteiger partial charge in [-0.2, -0.15) is 0 Å². The summed E-state index contributed by atoms with van der Waals surface area (Å²) in [6.45, 7) is 4.54. The van der Waals surface area contributed by atoms with Crippen LogP contribution in [0.5, 0.6) is 0 Å². The fourth-order valence-corrected chi connectivity index (χ4v) is 2.04. The third-order valence-corrected chi connectivity index (χ3v) is 3.22. The minimum Gasteiger partial charge on any atom is -0.395 e. The summed E-state index contributed by atoms with van der Waals surface area (Å²) in [4.78, 5) is 13.6. The zero-order valence-electron chi connectivity index (χ0n) is 11.7. The topological polar surface area (TPSA) is 52.6 Å². The molecule has 0 heterocycles. The Balaban J connectivity index is 2.70. The van der Waals surface area contributed by atoms with Crippen LogP contribution in [-0.2, 0) is 0 Å². The number of hydrogen-bond donors (Lipinski definition) is 2. The quantitative estimate of drug-likeness (QED) is 0.849. The van der Waals surface area contributed by atoms with E-state index in [4.69, 9.17) is 16.7 Å². The molecule has 4 nitrogen and oxygen atoms in total. The second-order valence-corrected chi connectivity index (χ2v) is 4.96. The minimum atomic E-state index is -0.484. The fraction of sp³-hybridized carbons (Fsp3) is 0.500. The van der Waals surface area contributed by atoms with Crippen LogP contribution in [0.1, 0.15) is 31.9 Å². The number of aliphatic hydroxyl groups is 1. The van der Waals surface area contributed by atoms with Gasteiger partial charge < -0.3 is 15.3 Å². The Bertz CT molecular complexity index is 451. The number of rotatable bonds is 6. The number of carbonyl (C=O) groups excluding carboxylic acids is 1. The van der Waals surface area contributed by atoms with Crippen LogP contribution in [0.15, 0.2) is 18.2 Å². The van der Waals surface area contributed by atoms with Gasteiger partial charge in [0, 0.05) is 13.1 Å². The van der Waals surface area contributed by atoms with Crippen LogP contribution < -0.4 is 5.32 Å². The molecule has 0 aliphatic carbocycles. The number of carbonyl (C=O) groups is 1. The van der Waals surface area contributed by atoms with E-state index < -0.39 is 5.82 Å². The van der Waals surface area contributed by atoms with Crippen LogP contribution in [0, 0.1) is 5.82 Å². The van der Waals surface area contributed by atoms with Crippen LogP contribution >= 0.6 is 11.6 Å². The van der Waals surface area contributed by atoms with Crippen LogP contribution in [0.3, 0.4) is 0 Å². The molecule has 1 aromatic carbocycles. The zero-order chi connectivity index (χ0) is 15.1. The molecular weight excluding hydrogens is 283 g/mol. The van der Waals surface area contributed by atoms with Crippen molar-refractivity contribution in [2.75, 3.05) is 19.7 Å². The van der Waals surface area contributed by atoms with Crippen molar-refractivity contribution < 1.29 is 14.3 Å². The van der Waals surface area contributed by atoms with E-state index in [1.165, 1.54) is 12.1 Å². The summed E-state index contributed by atoms with van der Waals surface area (Å²) in [6, 6.07) is 3.81. The monoisotopic (exact) mass is 302 g/mol. The van der Waals surface area contributed by atoms with Gasteiger partial charge >= 0.3 is 6.03 Å². The van der Waals surface area contributed by atoms with Gasteiger partial charge in [0.15, 0.2) is 0 Å². The van der Waals surface area contributed by atoms with Crippen molar-refractivity contribution in [3.8, 4) is 0 Å². The maximum atomic E-state index is 13.1. The molecule has 6 heteroatoms. The molecule has 1 atom stereocenters. The van der Waals surface area contributed by atoms with Crippen molar-refractivity contribution in [1.82, 2.24) is 10.2 Å². The van der Waals surface area contributed by atoms with Crippen LogP contribution in [-0.4, -0.2) is 35.7 Å². The Labute approximate surface area is 123 Å². The number of aliphatic hydroxyl groups excluding tert-OH is 1. The van der Waals surface area contributed by atoms with Crippen LogP contribution in [0.25, 0.3) is 0 Å². The highest BCUT2D eigenvalue weighted by Gasteiger charge is 2.16. The average Bonchev–Trinajstić information content (AvgIpc) is 2.41. The summed E-state index contributed by atoms with van der Waals surface area (Å²) < 4.78 is 13.1. The van der Waals surface area contributed by atoms with E-state index in [-0.39, 0.29) is 30.2 Å². The molecule has 0 saturated carbocycles. The van der Waals surface area contributed by atoms with Crippen molar-refractivity contribution >= 4 is 17.6 Å². The molecule has 2 amide bonds. The lowest BCUT2D eigenvalue weighted by atomic mass is 10.1. The van der Waals surface area contributed by atoms with Crippen molar-refractivity contribution in [3.63, 3.8) is 0 Å². The Morgan fingerprint density at radius 1 is 1.50 bits per heavy atom. The van der Waals surface area contributed by atoms with Gasteiger partial charge in [-0.3, -0.25) is 0 Å². The van der Waals surface area contributed by atoms with Crippen molar-refractivity contribution in [2.45, 2.75) is 26.3 Å². The molecular formula is C14H20ClFN2O2. The normalized spacial score (nSPS) is 12.1. The van der Waals surface area contributed by atoms with Gasteiger partial charge in [-0.25, -0.2) is 9.18 Å². The number of amides is 2. The molecule has 20 heavy (non-hydrogen) atoms. The summed E-state index contributed by atoms with van der Waals surface area (Å²) in [5.74, 6) is -0.484. The lowest BCUT2D eigenvalue weighted by Gasteiger charge is -2.24. The largest absolute Gasteiger partial charge is 0.395 e. The first-order valence-electron chi connectivity index (χ1n) is 6.60. The lowest BCUT2D eigenvalue weighted by molar-refractivity contribution is 0.174. The van der Waals surface area contributed by atoms with E-state index in [0.717, 1.165) is 12.0 Å². The number of halogens is 2. The smallest absolute Gasteiger partial charge is 0.317 e. The van der Waals surface area contributed by atoms with E-state index in [1.54, 1.807) is 17.9 Å². The molecule has 2 N–H and O–H groups in total. The number of nitrogens with zero attached hydrogens (tertiary/aromatic N) is 1. The standard InChI is InChI=1S/C14H20ClFN2O2/c1-3-6-18(7-8-19)14(20)17-10(2)11-4-5-13(16)12(15)9-11/h4-5,9-10,19H,3,6-8H2,1-2H3,(H,17,20). The van der Waals surface area contributed by atoms with Gasteiger partial charge in [-0.05, 0) is 31.0 Å². The van der Waals surface area contributed by atoms with E-state index in [2.05, 4.69) is 5.32 Å². The van der Waals surface area contributed by atoms with Gasteiger partial charge in [0.25, 0.3) is 0 Å². The van der Waals surface area contributed by atoms with Crippen molar-refractivity contribution in [3.05, 3.63) is 34.6 Å². The predicted molar refractivity (Wildman–Crippen MR) is 77.3 cm³/mol. The van der Waals surface area contributed by atoms with Gasteiger partial charge in [0.05, 0.1) is 17.7 Å². The number of nitrogens with one attached hydrogen (secondary N) is 1. The van der Waals surface area contributed by atoms with Crippen molar-refractivity contribution in [1.29, 1.82) is 0 Å². The Morgan fingerprint density at radius 3 is 2.75 bits per heavy atom. The highest BCUT2D eigenvalue weighted by Crippen LogP contribution is 2.20. The fourth-order valence-electron chi connectivity index (χ4n) is 1.85. The first-order valence-corrected chi connectivity index (χ1v) is 6.98. The molecule has 1 aromatic rings. The second-order valence-electron chi connectivity index (χ2n) is 4.56. The third-order valence-electron chi connectivity index (χ3n) is 2.93. The van der Waals surface area contributed by atoms with Gasteiger partial charge in [-0.15, -0.1) is 0 Å². The summed E-state index contributed by atoms with van der Waals surface area (Å²) >= 11 is 5.73. The number of urea groups is 1. The first kappa shape index (κ1) is 16.7. The Hall–Kier alpha value is -1.33. The molecule has 1 rings (SSSR count). The Morgan fingerprint density at radius 2 is 2.20 bits per heavy atom. The molecule has 1 unspecified atom stereocenters. The summed E-state index contributed by atoms with van der Waals surface area (Å²) in [6.07, 6.45) is 0.810. The number of hydrogen-bond acceptors (Lipinski definition) is 2. The van der Waals surface area contributed by atoms with Gasteiger partial charge in [0.1, 0.15) is 5.82 Å². The maximum Gasteiger partial charge on any atom is 0.317 e. The summed E-state index contributed by atoms with van der Waals surface area (Å²) in [5.41, 5.74) is 0.727. The van der Waals surface area contributed by atoms with E-state index >= 15 is 0 Å². The van der Waals surface area contributed by atoms with Crippen LogP contribution in [0.4, 0.5) is 9.18 Å². The molecule has 0 aromatic heterocycles. The molecule has 0 aliphatic heterocycles. The molecule has 0 saturated heterocycles. The summed E-state index contributed by atoms with van der Waals surface area (Å²) in [7, 11) is 0. The van der Waals surface area contributed by atoms with Gasteiger partial charge in [-0.1, -0.05) is 24.6 Å². The first-order chi connectivity index (χ1) is 9.49. The van der Waals surface area contributed by atoms with E-state index in [0.29, 0.717) is 6.54 Å². The molecule has 112 valence electrons. The maximum absolute atomic E-state index is 13.1. The predicted octanol–water partition coefficient (Wildman–Crippen LogP) is 2.95. The number of benzene rings is 1. The highest BCUT2D eigenvalue weighted by molar-refractivity contribution is 6.30. The second kappa shape index (κ2) is 8.07. The average molecular weight is 303 g/mol. The molecule has 0 aliphatic rings. The third kappa shape index (κ3) is 4.65. The summed E-state index contributed by atoms with van der Waals surface area (Å²) in [5, 5.41) is 11.8. The van der Waals surface area contributed by atoms with Crippen LogP contribution in [0.2, 0.25) is 5.02 Å². The molecule has 0 radical (unpaired) electrons. The highest BCUT2D eigenvalue weighted by atomic mass is 35.5. The van der Waals surface area contributed by atoms with E-state index in [1.807, 2.05) is 6.92 Å². The van der Waals surface area contributed by atoms with E-state index in [9.17, 15) is 9.18 Å². The molecule has 0 spiro atoms.